The summed E-state index contributed by atoms with van der Waals surface area (Å²) >= 11 is 0. The third kappa shape index (κ3) is 3.73. The molecule has 1 aliphatic rings. The van der Waals surface area contributed by atoms with Gasteiger partial charge in [-0.1, -0.05) is 48.5 Å². The van der Waals surface area contributed by atoms with Gasteiger partial charge in [-0.25, -0.2) is 14.8 Å². The molecule has 31 heavy (non-hydrogen) atoms. The quantitative estimate of drug-likeness (QED) is 0.545. The van der Waals surface area contributed by atoms with Gasteiger partial charge < -0.3 is 9.67 Å². The van der Waals surface area contributed by atoms with Crippen LogP contribution in [0.25, 0.3) is 22.6 Å². The van der Waals surface area contributed by atoms with E-state index in [0.717, 1.165) is 29.1 Å². The number of pyridine rings is 1. The van der Waals surface area contributed by atoms with Crippen LogP contribution < -0.4 is 0 Å². The summed E-state index contributed by atoms with van der Waals surface area (Å²) < 4.78 is 1.90. The van der Waals surface area contributed by atoms with Crippen LogP contribution in [0.1, 0.15) is 32.9 Å². The summed E-state index contributed by atoms with van der Waals surface area (Å²) in [5.74, 6) is -0.923. The van der Waals surface area contributed by atoms with Gasteiger partial charge in [-0.15, -0.1) is 0 Å². The summed E-state index contributed by atoms with van der Waals surface area (Å²) in [6, 6.07) is 17.7. The minimum absolute atomic E-state index is 0.338. The molecule has 6 heteroatoms. The fourth-order valence-electron chi connectivity index (χ4n) is 4.26. The molecule has 0 amide bonds. The van der Waals surface area contributed by atoms with Gasteiger partial charge in [0.05, 0.1) is 28.8 Å². The number of aromatic nitrogens is 3. The Morgan fingerprint density at radius 3 is 2.61 bits per heavy atom. The smallest absolute Gasteiger partial charge is 0.336 e. The Morgan fingerprint density at radius 1 is 1.10 bits per heavy atom. The first kappa shape index (κ1) is 19.2. The Morgan fingerprint density at radius 2 is 1.87 bits per heavy atom. The maximum absolute atomic E-state index is 12.3. The summed E-state index contributed by atoms with van der Waals surface area (Å²) in [7, 11) is 1.93. The van der Waals surface area contributed by atoms with Crippen LogP contribution in [-0.4, -0.2) is 37.1 Å². The molecule has 6 nitrogen and oxygen atoms in total. The first-order chi connectivity index (χ1) is 15.1. The number of nitrogens with zero attached hydrogens (tertiary/aromatic N) is 4. The van der Waals surface area contributed by atoms with E-state index in [9.17, 15) is 9.90 Å². The molecule has 0 unspecified atom stereocenters. The molecule has 0 bridgehead atoms. The van der Waals surface area contributed by atoms with Gasteiger partial charge in [-0.3, -0.25) is 4.90 Å². The van der Waals surface area contributed by atoms with Crippen LogP contribution in [0.2, 0.25) is 0 Å². The summed E-state index contributed by atoms with van der Waals surface area (Å²) in [4.78, 5) is 23.9. The summed E-state index contributed by atoms with van der Waals surface area (Å²) in [6.07, 6.45) is 5.72. The molecule has 1 N–H and O–H groups in total. The van der Waals surface area contributed by atoms with E-state index in [0.29, 0.717) is 29.6 Å². The van der Waals surface area contributed by atoms with Crippen molar-refractivity contribution in [3.63, 3.8) is 0 Å². The molecule has 0 spiro atoms. The second-order valence-corrected chi connectivity index (χ2v) is 7.90. The highest BCUT2D eigenvalue weighted by Gasteiger charge is 2.28. The Kier molecular flexibility index (Phi) is 4.84. The molecule has 0 atom stereocenters. The zero-order valence-corrected chi connectivity index (χ0v) is 17.2. The first-order valence-electron chi connectivity index (χ1n) is 10.2. The van der Waals surface area contributed by atoms with Crippen molar-refractivity contribution in [1.29, 1.82) is 0 Å². The molecule has 5 rings (SSSR count). The van der Waals surface area contributed by atoms with Crippen molar-refractivity contribution >= 4 is 28.5 Å². The maximum atomic E-state index is 12.3. The fourth-order valence-corrected chi connectivity index (χ4v) is 4.26. The average Bonchev–Trinajstić information content (AvgIpc) is 3.17. The van der Waals surface area contributed by atoms with Crippen LogP contribution in [0.15, 0.2) is 67.1 Å². The number of aromatic carboxylic acids is 1. The molecule has 2 aromatic heterocycles. The van der Waals surface area contributed by atoms with E-state index in [-0.39, 0.29) is 0 Å². The number of carbonyl (C=O) groups is 1. The van der Waals surface area contributed by atoms with Crippen LogP contribution >= 0.6 is 0 Å². The van der Waals surface area contributed by atoms with Gasteiger partial charge in [0.1, 0.15) is 0 Å². The third-order valence-electron chi connectivity index (χ3n) is 5.58. The van der Waals surface area contributed by atoms with Crippen molar-refractivity contribution < 1.29 is 9.90 Å². The lowest BCUT2D eigenvalue weighted by atomic mass is 9.92. The topological polar surface area (TPSA) is 71.2 Å². The van der Waals surface area contributed by atoms with Gasteiger partial charge >= 0.3 is 5.97 Å². The van der Waals surface area contributed by atoms with Crippen molar-refractivity contribution in [1.82, 2.24) is 19.4 Å². The molecule has 0 saturated carbocycles. The van der Waals surface area contributed by atoms with E-state index >= 15 is 0 Å². The number of rotatable bonds is 4. The largest absolute Gasteiger partial charge is 0.478 e. The number of aryl methyl sites for hydroxylation is 1. The van der Waals surface area contributed by atoms with Gasteiger partial charge in [-0.05, 0) is 23.3 Å². The highest BCUT2D eigenvalue weighted by atomic mass is 16.4. The molecule has 2 aromatic carbocycles. The Bertz CT molecular complexity index is 1310. The molecule has 1 aliphatic heterocycles. The van der Waals surface area contributed by atoms with E-state index in [2.05, 4.69) is 22.0 Å². The first-order valence-corrected chi connectivity index (χ1v) is 10.2. The van der Waals surface area contributed by atoms with Crippen molar-refractivity contribution in [2.24, 2.45) is 7.05 Å². The molecule has 0 saturated heterocycles. The standard InChI is InChI=1S/C25H22N4O2/c1-28-14-19(26-16-28)11-18-13-29(12-17-7-3-2-4-8-17)15-21-23(25(30)31)20-9-5-6-10-22(20)27-24(18)21/h2-11,14,16H,12-13,15H2,1H3,(H,30,31)/b18-11+. The predicted octanol–water partition coefficient (Wildman–Crippen LogP) is 4.22. The van der Waals surface area contributed by atoms with Gasteiger partial charge in [-0.2, -0.15) is 0 Å². The Labute approximate surface area is 180 Å². The lowest BCUT2D eigenvalue weighted by molar-refractivity contribution is 0.0696. The zero-order valence-electron chi connectivity index (χ0n) is 17.2. The highest BCUT2D eigenvalue weighted by Crippen LogP contribution is 2.34. The summed E-state index contributed by atoms with van der Waals surface area (Å²) in [6.45, 7) is 1.93. The number of fused-ring (bicyclic) bond motifs is 2. The molecule has 154 valence electrons. The van der Waals surface area contributed by atoms with Crippen molar-refractivity contribution in [2.75, 3.05) is 6.54 Å². The molecule has 4 aromatic rings. The molecule has 0 fully saturated rings. The minimum atomic E-state index is -0.923. The van der Waals surface area contributed by atoms with E-state index in [4.69, 9.17) is 4.98 Å². The number of imidazole rings is 1. The van der Waals surface area contributed by atoms with Crippen LogP contribution in [0.3, 0.4) is 0 Å². The number of para-hydroxylation sites is 1. The zero-order chi connectivity index (χ0) is 21.4. The number of hydrogen-bond donors (Lipinski definition) is 1. The van der Waals surface area contributed by atoms with E-state index in [1.807, 2.05) is 66.4 Å². The monoisotopic (exact) mass is 410 g/mol. The molecule has 3 heterocycles. The van der Waals surface area contributed by atoms with E-state index in [1.54, 1.807) is 6.33 Å². The second-order valence-electron chi connectivity index (χ2n) is 7.90. The van der Waals surface area contributed by atoms with Crippen LogP contribution in [0.4, 0.5) is 0 Å². The van der Waals surface area contributed by atoms with Crippen LogP contribution in [0.5, 0.6) is 0 Å². The molecule has 0 aliphatic carbocycles. The van der Waals surface area contributed by atoms with E-state index < -0.39 is 5.97 Å². The third-order valence-corrected chi connectivity index (χ3v) is 5.58. The van der Waals surface area contributed by atoms with Gasteiger partial charge in [0.15, 0.2) is 0 Å². The lowest BCUT2D eigenvalue weighted by Gasteiger charge is -2.31. The van der Waals surface area contributed by atoms with Crippen molar-refractivity contribution in [2.45, 2.75) is 13.1 Å². The average molecular weight is 410 g/mol. The Balaban J connectivity index is 1.68. The van der Waals surface area contributed by atoms with Crippen molar-refractivity contribution in [3.05, 3.63) is 95.2 Å². The predicted molar refractivity (Wildman–Crippen MR) is 120 cm³/mol. The minimum Gasteiger partial charge on any atom is -0.478 e. The summed E-state index contributed by atoms with van der Waals surface area (Å²) in [5.41, 5.74) is 5.55. The molecule has 0 radical (unpaired) electrons. The summed E-state index contributed by atoms with van der Waals surface area (Å²) in [5, 5.41) is 10.8. The molecular formula is C25H22N4O2. The molecular weight excluding hydrogens is 388 g/mol. The number of carboxylic acid groups (broad SMARTS) is 1. The second kappa shape index (κ2) is 7.81. The lowest BCUT2D eigenvalue weighted by Crippen LogP contribution is -2.31. The van der Waals surface area contributed by atoms with Crippen LogP contribution in [0, 0.1) is 0 Å². The van der Waals surface area contributed by atoms with Gasteiger partial charge in [0.2, 0.25) is 0 Å². The van der Waals surface area contributed by atoms with Gasteiger partial charge in [0.25, 0.3) is 0 Å². The van der Waals surface area contributed by atoms with Gasteiger partial charge in [0, 0.05) is 43.8 Å². The normalized spacial score (nSPS) is 15.3. The number of hydrogen-bond acceptors (Lipinski definition) is 4. The maximum Gasteiger partial charge on any atom is 0.336 e. The Hall–Kier alpha value is -3.77. The fraction of sp³-hybridized carbons (Fsp3) is 0.160. The van der Waals surface area contributed by atoms with E-state index in [1.165, 1.54) is 5.56 Å². The SMILES string of the molecule is Cn1cnc(/C=C2\CN(Cc3ccccc3)Cc3c2nc2ccccc2c3C(=O)O)c1. The van der Waals surface area contributed by atoms with Crippen LogP contribution in [-0.2, 0) is 20.1 Å². The highest BCUT2D eigenvalue weighted by molar-refractivity contribution is 6.05. The number of benzene rings is 2. The number of carboxylic acids is 1. The van der Waals surface area contributed by atoms with Crippen molar-refractivity contribution in [3.8, 4) is 0 Å².